The van der Waals surface area contributed by atoms with Crippen LogP contribution in [-0.4, -0.2) is 86.3 Å². The van der Waals surface area contributed by atoms with Crippen molar-refractivity contribution < 1.29 is 49.2 Å². The molecule has 1 aromatic carbocycles. The molecule has 5 unspecified atom stereocenters. The minimum Gasteiger partial charge on any atom is -0.508 e. The molecule has 0 aliphatic carbocycles. The molecule has 0 heterocycles. The van der Waals surface area contributed by atoms with E-state index in [0.717, 1.165) is 6.92 Å². The van der Waals surface area contributed by atoms with E-state index in [1.54, 1.807) is 0 Å². The molecule has 38 heavy (non-hydrogen) atoms. The summed E-state index contributed by atoms with van der Waals surface area (Å²) < 4.78 is 0. The van der Waals surface area contributed by atoms with Gasteiger partial charge in [-0.25, -0.2) is 4.79 Å². The summed E-state index contributed by atoms with van der Waals surface area (Å²) in [6.45, 7) is 1.16. The maximum Gasteiger partial charge on any atom is 0.326 e. The zero-order chi connectivity index (χ0) is 29.0. The SMILES string of the molecule is CC(O)C(NC(=O)C(Cc1ccc(O)cc1)NC(=O)C(N)CCC(N)=O)C(=O)NC(CCC(=O)O)C(=O)O. The summed E-state index contributed by atoms with van der Waals surface area (Å²) in [5.41, 5.74) is 11.3. The summed E-state index contributed by atoms with van der Waals surface area (Å²) in [7, 11) is 0. The summed E-state index contributed by atoms with van der Waals surface area (Å²) in [5.74, 6) is -6.37. The Hall–Kier alpha value is -4.24. The summed E-state index contributed by atoms with van der Waals surface area (Å²) >= 11 is 0. The van der Waals surface area contributed by atoms with Gasteiger partial charge in [-0.05, 0) is 37.5 Å². The molecule has 0 spiro atoms. The number of hydrogen-bond donors (Lipinski definition) is 9. The van der Waals surface area contributed by atoms with Gasteiger partial charge < -0.3 is 47.8 Å². The molecule has 0 fully saturated rings. The average Bonchev–Trinajstić information content (AvgIpc) is 2.83. The molecule has 1 rings (SSSR count). The van der Waals surface area contributed by atoms with Gasteiger partial charge in [-0.15, -0.1) is 0 Å². The van der Waals surface area contributed by atoms with Crippen LogP contribution < -0.4 is 27.4 Å². The zero-order valence-corrected chi connectivity index (χ0v) is 20.6. The molecule has 210 valence electrons. The third-order valence-electron chi connectivity index (χ3n) is 5.37. The Balaban J connectivity index is 3.09. The lowest BCUT2D eigenvalue weighted by atomic mass is 10.0. The molecule has 0 saturated carbocycles. The van der Waals surface area contributed by atoms with Crippen LogP contribution in [0.3, 0.4) is 0 Å². The number of phenolic OH excluding ortho intramolecular Hbond substituents is 1. The van der Waals surface area contributed by atoms with Crippen molar-refractivity contribution >= 4 is 35.6 Å². The van der Waals surface area contributed by atoms with E-state index in [-0.39, 0.29) is 25.0 Å². The number of carbonyl (C=O) groups is 6. The number of aliphatic hydroxyl groups excluding tert-OH is 1. The van der Waals surface area contributed by atoms with E-state index < -0.39 is 78.7 Å². The fourth-order valence-electron chi connectivity index (χ4n) is 3.23. The first kappa shape index (κ1) is 31.8. The highest BCUT2D eigenvalue weighted by atomic mass is 16.4. The molecular weight excluding hydrogens is 506 g/mol. The van der Waals surface area contributed by atoms with Crippen LogP contribution in [0.2, 0.25) is 0 Å². The maximum absolute atomic E-state index is 13.1. The molecule has 0 aromatic heterocycles. The topological polar surface area (TPSA) is 271 Å². The Morgan fingerprint density at radius 1 is 0.842 bits per heavy atom. The molecule has 11 N–H and O–H groups in total. The fourth-order valence-corrected chi connectivity index (χ4v) is 3.23. The standard InChI is InChI=1S/C23H33N5O10/c1-11(29)19(22(36)26-15(23(37)38)7-9-18(32)33)28-21(35)16(10-12-2-4-13(30)5-3-12)27-20(34)14(24)6-8-17(25)31/h2-5,11,14-16,19,29-30H,6-10,24H2,1H3,(H2,25,31)(H,26,36)(H,27,34)(H,28,35)(H,32,33)(H,37,38). The molecule has 15 nitrogen and oxygen atoms in total. The second-order valence-electron chi connectivity index (χ2n) is 8.60. The number of amides is 4. The second-order valence-corrected chi connectivity index (χ2v) is 8.60. The normalized spacial score (nSPS) is 14.7. The number of aliphatic carboxylic acids is 2. The largest absolute Gasteiger partial charge is 0.508 e. The molecule has 0 radical (unpaired) electrons. The number of aromatic hydroxyl groups is 1. The van der Waals surface area contributed by atoms with Gasteiger partial charge in [-0.1, -0.05) is 12.1 Å². The third-order valence-corrected chi connectivity index (χ3v) is 5.37. The van der Waals surface area contributed by atoms with Crippen LogP contribution in [0.15, 0.2) is 24.3 Å². The molecule has 4 amide bonds. The molecule has 0 aliphatic rings. The Morgan fingerprint density at radius 3 is 1.92 bits per heavy atom. The van der Waals surface area contributed by atoms with Crippen LogP contribution in [0.25, 0.3) is 0 Å². The molecule has 0 aliphatic heterocycles. The van der Waals surface area contributed by atoms with Crippen LogP contribution in [0, 0.1) is 0 Å². The van der Waals surface area contributed by atoms with E-state index in [2.05, 4.69) is 16.0 Å². The number of carboxylic acid groups (broad SMARTS) is 2. The van der Waals surface area contributed by atoms with Gasteiger partial charge in [0, 0.05) is 19.3 Å². The van der Waals surface area contributed by atoms with Gasteiger partial charge in [0.15, 0.2) is 0 Å². The van der Waals surface area contributed by atoms with Crippen molar-refractivity contribution in [2.45, 2.75) is 69.3 Å². The van der Waals surface area contributed by atoms with Crippen molar-refractivity contribution in [3.05, 3.63) is 29.8 Å². The van der Waals surface area contributed by atoms with E-state index in [1.165, 1.54) is 24.3 Å². The van der Waals surface area contributed by atoms with Crippen molar-refractivity contribution in [1.82, 2.24) is 16.0 Å². The molecule has 5 atom stereocenters. The van der Waals surface area contributed by atoms with Crippen molar-refractivity contribution in [1.29, 1.82) is 0 Å². The molecule has 15 heteroatoms. The second kappa shape index (κ2) is 15.1. The van der Waals surface area contributed by atoms with E-state index >= 15 is 0 Å². The number of phenols is 1. The van der Waals surface area contributed by atoms with Crippen LogP contribution in [-0.2, 0) is 35.2 Å². The predicted molar refractivity (Wildman–Crippen MR) is 130 cm³/mol. The Kier molecular flexibility index (Phi) is 12.6. The Labute approximate surface area is 217 Å². The molecular formula is C23H33N5O10. The lowest BCUT2D eigenvalue weighted by Crippen LogP contribution is -2.60. The van der Waals surface area contributed by atoms with Gasteiger partial charge in [0.25, 0.3) is 0 Å². The van der Waals surface area contributed by atoms with Crippen LogP contribution in [0.4, 0.5) is 0 Å². The highest BCUT2D eigenvalue weighted by molar-refractivity contribution is 5.94. The number of nitrogens with one attached hydrogen (secondary N) is 3. The lowest BCUT2D eigenvalue weighted by Gasteiger charge is -2.26. The van der Waals surface area contributed by atoms with E-state index in [9.17, 15) is 44.1 Å². The first-order valence-electron chi connectivity index (χ1n) is 11.6. The number of nitrogens with two attached hydrogens (primary N) is 2. The Morgan fingerprint density at radius 2 is 1.42 bits per heavy atom. The highest BCUT2D eigenvalue weighted by Crippen LogP contribution is 2.12. The summed E-state index contributed by atoms with van der Waals surface area (Å²) in [6, 6.07) is -0.160. The van der Waals surface area contributed by atoms with Crippen LogP contribution in [0.5, 0.6) is 5.75 Å². The quantitative estimate of drug-likeness (QED) is 0.104. The number of aliphatic hydroxyl groups is 1. The van der Waals surface area contributed by atoms with E-state index in [1.807, 2.05) is 0 Å². The van der Waals surface area contributed by atoms with Crippen LogP contribution >= 0.6 is 0 Å². The lowest BCUT2D eigenvalue weighted by molar-refractivity contribution is -0.144. The number of carbonyl (C=O) groups excluding carboxylic acids is 4. The summed E-state index contributed by atoms with van der Waals surface area (Å²) in [4.78, 5) is 71.6. The van der Waals surface area contributed by atoms with E-state index in [0.29, 0.717) is 5.56 Å². The smallest absolute Gasteiger partial charge is 0.326 e. The Bertz CT molecular complexity index is 1010. The van der Waals surface area contributed by atoms with Crippen LogP contribution in [0.1, 0.15) is 38.2 Å². The van der Waals surface area contributed by atoms with Crippen molar-refractivity contribution in [3.63, 3.8) is 0 Å². The van der Waals surface area contributed by atoms with Gasteiger partial charge in [-0.2, -0.15) is 0 Å². The molecule has 1 aromatic rings. The number of rotatable bonds is 16. The predicted octanol–water partition coefficient (Wildman–Crippen LogP) is -2.69. The van der Waals surface area contributed by atoms with Gasteiger partial charge >= 0.3 is 11.9 Å². The number of hydrogen-bond acceptors (Lipinski definition) is 9. The van der Waals surface area contributed by atoms with Crippen molar-refractivity contribution in [2.24, 2.45) is 11.5 Å². The van der Waals surface area contributed by atoms with Gasteiger partial charge in [0.2, 0.25) is 23.6 Å². The number of carboxylic acids is 2. The monoisotopic (exact) mass is 539 g/mol. The van der Waals surface area contributed by atoms with E-state index in [4.69, 9.17) is 16.6 Å². The minimum atomic E-state index is -1.67. The first-order valence-corrected chi connectivity index (χ1v) is 11.6. The fraction of sp³-hybridized carbons (Fsp3) is 0.478. The average molecular weight is 540 g/mol. The highest BCUT2D eigenvalue weighted by Gasteiger charge is 2.33. The third kappa shape index (κ3) is 11.2. The zero-order valence-electron chi connectivity index (χ0n) is 20.6. The molecule has 0 saturated heterocycles. The number of primary amides is 1. The van der Waals surface area contributed by atoms with Gasteiger partial charge in [-0.3, -0.25) is 24.0 Å². The number of benzene rings is 1. The van der Waals surface area contributed by atoms with Gasteiger partial charge in [0.05, 0.1) is 12.1 Å². The van der Waals surface area contributed by atoms with Crippen molar-refractivity contribution in [2.75, 3.05) is 0 Å². The maximum atomic E-state index is 13.1. The van der Waals surface area contributed by atoms with Gasteiger partial charge in [0.1, 0.15) is 23.9 Å². The van der Waals surface area contributed by atoms with Crippen molar-refractivity contribution in [3.8, 4) is 5.75 Å². The summed E-state index contributed by atoms with van der Waals surface area (Å²) in [5, 5.41) is 44.4. The first-order chi connectivity index (χ1) is 17.7. The summed E-state index contributed by atoms with van der Waals surface area (Å²) in [6.07, 6.45) is -2.93. The molecule has 0 bridgehead atoms. The minimum absolute atomic E-state index is 0.0472.